The van der Waals surface area contributed by atoms with Crippen molar-refractivity contribution in [2.75, 3.05) is 20.2 Å². The fourth-order valence-corrected chi connectivity index (χ4v) is 3.37. The number of carbonyl (C=O) groups excluding carboxylic acids is 1. The molecule has 1 fully saturated rings. The van der Waals surface area contributed by atoms with Crippen LogP contribution in [0.4, 0.5) is 0 Å². The number of carbonyl (C=O) groups is 1. The number of amides is 1. The van der Waals surface area contributed by atoms with E-state index in [1.807, 2.05) is 47.4 Å². The summed E-state index contributed by atoms with van der Waals surface area (Å²) in [5, 5.41) is 10.1. The maximum Gasteiger partial charge on any atom is 0.254 e. The molecular weight excluding hydrogens is 342 g/mol. The molecule has 0 spiro atoms. The first-order chi connectivity index (χ1) is 13.2. The molecule has 2 aromatic carbocycles. The number of fused-ring (bicyclic) bond motifs is 1. The van der Waals surface area contributed by atoms with Crippen LogP contribution in [0.3, 0.4) is 0 Å². The Labute approximate surface area is 157 Å². The molecule has 1 aliphatic heterocycles. The van der Waals surface area contributed by atoms with E-state index in [1.54, 1.807) is 19.2 Å². The molecule has 0 N–H and O–H groups in total. The lowest BCUT2D eigenvalue weighted by Gasteiger charge is -2.32. The van der Waals surface area contributed by atoms with Crippen LogP contribution in [0.2, 0.25) is 0 Å². The molecule has 0 aliphatic carbocycles. The van der Waals surface area contributed by atoms with Crippen molar-refractivity contribution in [3.63, 3.8) is 0 Å². The Morgan fingerprint density at radius 1 is 1.04 bits per heavy atom. The van der Waals surface area contributed by atoms with Gasteiger partial charge in [-0.25, -0.2) is 0 Å². The molecule has 1 atom stereocenters. The zero-order valence-electron chi connectivity index (χ0n) is 15.2. The van der Waals surface area contributed by atoms with Crippen molar-refractivity contribution in [2.24, 2.45) is 0 Å². The zero-order valence-corrected chi connectivity index (χ0v) is 15.2. The van der Waals surface area contributed by atoms with Crippen molar-refractivity contribution in [1.82, 2.24) is 15.1 Å². The standard InChI is InChI=1S/C21H21N3O3/c1-26-19-10-11-20(23-22-19)27-18-7-4-12-24(14-18)21(25)17-9-8-15-5-2-3-6-16(15)13-17/h2-3,5-6,8-11,13,18H,4,7,12,14H2,1H3. The lowest BCUT2D eigenvalue weighted by atomic mass is 10.0. The van der Waals surface area contributed by atoms with Crippen LogP contribution in [-0.2, 0) is 0 Å². The smallest absolute Gasteiger partial charge is 0.254 e. The average Bonchev–Trinajstić information content (AvgIpc) is 2.73. The van der Waals surface area contributed by atoms with Crippen LogP contribution in [0.15, 0.2) is 54.6 Å². The van der Waals surface area contributed by atoms with Crippen molar-refractivity contribution in [1.29, 1.82) is 0 Å². The monoisotopic (exact) mass is 363 g/mol. The number of rotatable bonds is 4. The molecule has 0 saturated carbocycles. The molecule has 6 nitrogen and oxygen atoms in total. The van der Waals surface area contributed by atoms with Gasteiger partial charge in [0.05, 0.1) is 13.7 Å². The highest BCUT2D eigenvalue weighted by Crippen LogP contribution is 2.21. The second kappa shape index (κ2) is 7.61. The molecule has 3 aromatic rings. The molecule has 0 radical (unpaired) electrons. The summed E-state index contributed by atoms with van der Waals surface area (Å²) in [6.07, 6.45) is 1.69. The number of ether oxygens (including phenoxy) is 2. The predicted octanol–water partition coefficient (Wildman–Crippen LogP) is 3.32. The van der Waals surface area contributed by atoms with E-state index in [4.69, 9.17) is 9.47 Å². The van der Waals surface area contributed by atoms with Crippen LogP contribution in [0.5, 0.6) is 11.8 Å². The Morgan fingerprint density at radius 3 is 2.59 bits per heavy atom. The molecule has 6 heteroatoms. The number of likely N-dealkylation sites (tertiary alicyclic amines) is 1. The van der Waals surface area contributed by atoms with Crippen LogP contribution in [-0.4, -0.2) is 47.3 Å². The lowest BCUT2D eigenvalue weighted by Crippen LogP contribution is -2.44. The Morgan fingerprint density at radius 2 is 1.81 bits per heavy atom. The fourth-order valence-electron chi connectivity index (χ4n) is 3.37. The number of nitrogens with zero attached hydrogens (tertiary/aromatic N) is 3. The van der Waals surface area contributed by atoms with Crippen molar-refractivity contribution < 1.29 is 14.3 Å². The van der Waals surface area contributed by atoms with Gasteiger partial charge in [0.2, 0.25) is 11.8 Å². The Bertz CT molecular complexity index is 943. The van der Waals surface area contributed by atoms with E-state index < -0.39 is 0 Å². The third-order valence-electron chi connectivity index (χ3n) is 4.77. The summed E-state index contributed by atoms with van der Waals surface area (Å²) in [6, 6.07) is 17.3. The van der Waals surface area contributed by atoms with Gasteiger partial charge >= 0.3 is 0 Å². The summed E-state index contributed by atoms with van der Waals surface area (Å²) in [5.74, 6) is 0.926. The van der Waals surface area contributed by atoms with Gasteiger partial charge in [-0.1, -0.05) is 30.3 Å². The largest absolute Gasteiger partial charge is 0.480 e. The molecule has 138 valence electrons. The first kappa shape index (κ1) is 17.3. The minimum atomic E-state index is -0.0918. The number of methoxy groups -OCH3 is 1. The van der Waals surface area contributed by atoms with Crippen molar-refractivity contribution in [3.8, 4) is 11.8 Å². The van der Waals surface area contributed by atoms with E-state index in [0.717, 1.165) is 30.2 Å². The highest BCUT2D eigenvalue weighted by molar-refractivity contribution is 5.98. The maximum absolute atomic E-state index is 13.0. The van der Waals surface area contributed by atoms with Gasteiger partial charge in [0.1, 0.15) is 6.10 Å². The average molecular weight is 363 g/mol. The van der Waals surface area contributed by atoms with E-state index in [-0.39, 0.29) is 12.0 Å². The first-order valence-corrected chi connectivity index (χ1v) is 9.05. The summed E-state index contributed by atoms with van der Waals surface area (Å²) in [7, 11) is 1.54. The number of benzene rings is 2. The number of piperidine rings is 1. The topological polar surface area (TPSA) is 64.6 Å². The highest BCUT2D eigenvalue weighted by atomic mass is 16.5. The third-order valence-corrected chi connectivity index (χ3v) is 4.77. The van der Waals surface area contributed by atoms with Gasteiger partial charge in [0.25, 0.3) is 5.91 Å². The number of hydrogen-bond donors (Lipinski definition) is 0. The van der Waals surface area contributed by atoms with Crippen LogP contribution >= 0.6 is 0 Å². The Balaban J connectivity index is 1.45. The summed E-state index contributed by atoms with van der Waals surface area (Å²) in [6.45, 7) is 1.28. The minimum absolute atomic E-state index is 0.0369. The number of aromatic nitrogens is 2. The van der Waals surface area contributed by atoms with Crippen LogP contribution in [0.1, 0.15) is 23.2 Å². The van der Waals surface area contributed by atoms with Gasteiger partial charge in [0.15, 0.2) is 0 Å². The van der Waals surface area contributed by atoms with Crippen molar-refractivity contribution in [3.05, 3.63) is 60.2 Å². The summed E-state index contributed by atoms with van der Waals surface area (Å²) < 4.78 is 10.9. The van der Waals surface area contributed by atoms with Crippen LogP contribution < -0.4 is 9.47 Å². The van der Waals surface area contributed by atoms with E-state index in [0.29, 0.717) is 23.9 Å². The fraction of sp³-hybridized carbons (Fsp3) is 0.286. The summed E-state index contributed by atoms with van der Waals surface area (Å²) >= 11 is 0. The van der Waals surface area contributed by atoms with Gasteiger partial charge < -0.3 is 14.4 Å². The molecule has 1 aromatic heterocycles. The van der Waals surface area contributed by atoms with Gasteiger partial charge in [-0.2, -0.15) is 0 Å². The number of hydrogen-bond acceptors (Lipinski definition) is 5. The van der Waals surface area contributed by atoms with E-state index in [9.17, 15) is 4.79 Å². The SMILES string of the molecule is COc1ccc(OC2CCCN(C(=O)c3ccc4ccccc4c3)C2)nn1. The van der Waals surface area contributed by atoms with Gasteiger partial charge in [-0.05, 0) is 35.7 Å². The maximum atomic E-state index is 13.0. The Hall–Kier alpha value is -3.15. The second-order valence-corrected chi connectivity index (χ2v) is 6.61. The highest BCUT2D eigenvalue weighted by Gasteiger charge is 2.26. The van der Waals surface area contributed by atoms with Gasteiger partial charge in [-0.15, -0.1) is 10.2 Å². The lowest BCUT2D eigenvalue weighted by molar-refractivity contribution is 0.0525. The molecule has 27 heavy (non-hydrogen) atoms. The molecule has 0 bridgehead atoms. The van der Waals surface area contributed by atoms with E-state index in [1.165, 1.54) is 0 Å². The van der Waals surface area contributed by atoms with Gasteiger partial charge in [-0.3, -0.25) is 4.79 Å². The first-order valence-electron chi connectivity index (χ1n) is 9.05. The van der Waals surface area contributed by atoms with Crippen molar-refractivity contribution in [2.45, 2.75) is 18.9 Å². The van der Waals surface area contributed by atoms with E-state index >= 15 is 0 Å². The second-order valence-electron chi connectivity index (χ2n) is 6.61. The summed E-state index contributed by atoms with van der Waals surface area (Å²) in [5.41, 5.74) is 0.707. The summed E-state index contributed by atoms with van der Waals surface area (Å²) in [4.78, 5) is 14.8. The molecular formula is C21H21N3O3. The zero-order chi connectivity index (χ0) is 18.6. The molecule has 4 rings (SSSR count). The molecule has 1 saturated heterocycles. The predicted molar refractivity (Wildman–Crippen MR) is 102 cm³/mol. The molecule has 1 aliphatic rings. The normalized spacial score (nSPS) is 16.9. The molecule has 1 unspecified atom stereocenters. The Kier molecular flexibility index (Phi) is 4.87. The molecule has 1 amide bonds. The quantitative estimate of drug-likeness (QED) is 0.711. The van der Waals surface area contributed by atoms with Crippen LogP contribution in [0.25, 0.3) is 10.8 Å². The van der Waals surface area contributed by atoms with E-state index in [2.05, 4.69) is 10.2 Å². The molecule has 2 heterocycles. The third kappa shape index (κ3) is 3.84. The van der Waals surface area contributed by atoms with Crippen LogP contribution in [0, 0.1) is 0 Å². The van der Waals surface area contributed by atoms with Gasteiger partial charge in [0, 0.05) is 24.2 Å². The minimum Gasteiger partial charge on any atom is -0.480 e. The van der Waals surface area contributed by atoms with Crippen molar-refractivity contribution >= 4 is 16.7 Å².